The number of hydrogen-bond acceptors (Lipinski definition) is 7. The summed E-state index contributed by atoms with van der Waals surface area (Å²) in [5.41, 5.74) is 0.953. The summed E-state index contributed by atoms with van der Waals surface area (Å²) in [5.74, 6) is -2.96. The van der Waals surface area contributed by atoms with Gasteiger partial charge >= 0.3 is 5.97 Å². The van der Waals surface area contributed by atoms with Gasteiger partial charge in [-0.05, 0) is 43.0 Å². The lowest BCUT2D eigenvalue weighted by Crippen LogP contribution is -2.39. The third kappa shape index (κ3) is 6.26. The molecule has 212 valence electrons. The first kappa shape index (κ1) is 29.0. The van der Waals surface area contributed by atoms with Crippen LogP contribution >= 0.6 is 23.2 Å². The Morgan fingerprint density at radius 2 is 1.90 bits per heavy atom. The molecule has 0 aliphatic carbocycles. The average Bonchev–Trinajstić information content (AvgIpc) is 3.49. The van der Waals surface area contributed by atoms with E-state index >= 15 is 0 Å². The molecule has 3 amide bonds. The van der Waals surface area contributed by atoms with Crippen molar-refractivity contribution in [2.75, 3.05) is 13.3 Å². The fourth-order valence-electron chi connectivity index (χ4n) is 4.67. The standard InChI is InChI=1S/C27H27Cl2N3O8/c1-14(33)31-19(27(37)38)6-2-3-10-32-22(16-5-4-7-20-24(16)40-13-39-20)21(23(34)26(32)36)25(35)30-12-15-8-9-17(28)18(29)11-15/h4-5,7-9,11,19,22,34H,2-3,6,10,12-13H2,1H3,(H,30,35)(H,31,33)(H,37,38)/t19-,22?/m1/s1. The van der Waals surface area contributed by atoms with E-state index < -0.39 is 41.5 Å². The highest BCUT2D eigenvalue weighted by Gasteiger charge is 2.45. The lowest BCUT2D eigenvalue weighted by molar-refractivity contribution is -0.141. The monoisotopic (exact) mass is 591 g/mol. The van der Waals surface area contributed by atoms with Gasteiger partial charge in [-0.15, -0.1) is 0 Å². The van der Waals surface area contributed by atoms with Crippen LogP contribution in [0.4, 0.5) is 0 Å². The van der Waals surface area contributed by atoms with Gasteiger partial charge in [0, 0.05) is 25.6 Å². The summed E-state index contributed by atoms with van der Waals surface area (Å²) in [4.78, 5) is 50.7. The van der Waals surface area contributed by atoms with Crippen molar-refractivity contribution in [1.29, 1.82) is 0 Å². The van der Waals surface area contributed by atoms with E-state index in [0.29, 0.717) is 45.5 Å². The molecule has 0 fully saturated rings. The van der Waals surface area contributed by atoms with Crippen LogP contribution in [-0.2, 0) is 25.7 Å². The summed E-state index contributed by atoms with van der Waals surface area (Å²) in [7, 11) is 0. The minimum atomic E-state index is -1.16. The summed E-state index contributed by atoms with van der Waals surface area (Å²) >= 11 is 12.0. The first-order valence-corrected chi connectivity index (χ1v) is 13.2. The van der Waals surface area contributed by atoms with Crippen LogP contribution in [0.15, 0.2) is 47.7 Å². The molecule has 2 aromatic carbocycles. The molecule has 2 aliphatic heterocycles. The number of para-hydroxylation sites is 1. The van der Waals surface area contributed by atoms with Crippen LogP contribution in [0.25, 0.3) is 0 Å². The Bertz CT molecular complexity index is 1380. The van der Waals surface area contributed by atoms with E-state index in [1.807, 2.05) is 0 Å². The number of nitrogens with zero attached hydrogens (tertiary/aromatic N) is 1. The van der Waals surface area contributed by atoms with E-state index in [1.165, 1.54) is 11.8 Å². The van der Waals surface area contributed by atoms with Gasteiger partial charge < -0.3 is 35.2 Å². The third-order valence-corrected chi connectivity index (χ3v) is 7.26. The number of carbonyl (C=O) groups is 4. The molecule has 4 rings (SSSR count). The van der Waals surface area contributed by atoms with E-state index in [1.54, 1.807) is 36.4 Å². The number of carboxylic acid groups (broad SMARTS) is 1. The molecule has 13 heteroatoms. The zero-order valence-electron chi connectivity index (χ0n) is 21.4. The molecular weight excluding hydrogens is 565 g/mol. The van der Waals surface area contributed by atoms with Crippen molar-refractivity contribution in [3.05, 3.63) is 68.9 Å². The molecule has 2 aromatic rings. The molecule has 0 saturated heterocycles. The van der Waals surface area contributed by atoms with Gasteiger partial charge in [0.05, 0.1) is 21.7 Å². The number of fused-ring (bicyclic) bond motifs is 1. The predicted octanol–water partition coefficient (Wildman–Crippen LogP) is 3.49. The lowest BCUT2D eigenvalue weighted by Gasteiger charge is -2.27. The molecule has 40 heavy (non-hydrogen) atoms. The second-order valence-corrected chi connectivity index (χ2v) is 10.1. The fourth-order valence-corrected chi connectivity index (χ4v) is 4.99. The third-order valence-electron chi connectivity index (χ3n) is 6.52. The zero-order valence-corrected chi connectivity index (χ0v) is 22.9. The number of ether oxygens (including phenoxy) is 2. The zero-order chi connectivity index (χ0) is 29.0. The number of halogens is 2. The number of nitrogens with one attached hydrogen (secondary N) is 2. The molecule has 0 bridgehead atoms. The van der Waals surface area contributed by atoms with Gasteiger partial charge in [0.1, 0.15) is 6.04 Å². The van der Waals surface area contributed by atoms with Gasteiger partial charge in [-0.3, -0.25) is 14.4 Å². The first-order chi connectivity index (χ1) is 19.1. The molecule has 0 aromatic heterocycles. The number of hydrogen-bond donors (Lipinski definition) is 4. The molecule has 2 atom stereocenters. The summed E-state index contributed by atoms with van der Waals surface area (Å²) in [6.45, 7) is 1.34. The number of amides is 3. The molecule has 0 radical (unpaired) electrons. The van der Waals surface area contributed by atoms with Crippen molar-refractivity contribution in [2.45, 2.75) is 44.8 Å². The normalized spacial score (nSPS) is 16.7. The molecule has 2 aliphatic rings. The van der Waals surface area contributed by atoms with Gasteiger partial charge in [0.25, 0.3) is 11.8 Å². The van der Waals surface area contributed by atoms with Crippen LogP contribution in [-0.4, -0.2) is 58.2 Å². The number of rotatable bonds is 11. The van der Waals surface area contributed by atoms with E-state index in [0.717, 1.165) is 0 Å². The summed E-state index contributed by atoms with van der Waals surface area (Å²) in [5, 5.41) is 26.0. The Hall–Kier alpha value is -3.96. The van der Waals surface area contributed by atoms with Crippen LogP contribution < -0.4 is 20.1 Å². The Labute approximate surface area is 239 Å². The molecular formula is C27H27Cl2N3O8. The minimum Gasteiger partial charge on any atom is -0.503 e. The number of benzene rings is 2. The van der Waals surface area contributed by atoms with Crippen LogP contribution in [0.1, 0.15) is 43.4 Å². The Morgan fingerprint density at radius 1 is 1.12 bits per heavy atom. The van der Waals surface area contributed by atoms with Gasteiger partial charge in [-0.1, -0.05) is 41.4 Å². The van der Waals surface area contributed by atoms with Crippen molar-refractivity contribution in [3.8, 4) is 11.5 Å². The number of carbonyl (C=O) groups excluding carboxylic acids is 3. The van der Waals surface area contributed by atoms with Crippen LogP contribution in [0.2, 0.25) is 10.0 Å². The van der Waals surface area contributed by atoms with Crippen molar-refractivity contribution in [2.24, 2.45) is 0 Å². The second kappa shape index (κ2) is 12.5. The van der Waals surface area contributed by atoms with Crippen molar-refractivity contribution in [1.82, 2.24) is 15.5 Å². The first-order valence-electron chi connectivity index (χ1n) is 12.4. The fraction of sp³-hybridized carbons (Fsp3) is 0.333. The van der Waals surface area contributed by atoms with E-state index in [4.69, 9.17) is 32.7 Å². The summed E-state index contributed by atoms with van der Waals surface area (Å²) in [6.07, 6.45) is 0.818. The van der Waals surface area contributed by atoms with Crippen LogP contribution in [0.3, 0.4) is 0 Å². The number of aliphatic hydroxyl groups excluding tert-OH is 1. The average molecular weight is 592 g/mol. The highest BCUT2D eigenvalue weighted by Crippen LogP contribution is 2.46. The summed E-state index contributed by atoms with van der Waals surface area (Å²) < 4.78 is 11.1. The van der Waals surface area contributed by atoms with Crippen molar-refractivity contribution >= 4 is 46.9 Å². The maximum atomic E-state index is 13.4. The number of carboxylic acids is 1. The Kier molecular flexibility index (Phi) is 9.06. The molecule has 1 unspecified atom stereocenters. The Morgan fingerprint density at radius 3 is 2.60 bits per heavy atom. The van der Waals surface area contributed by atoms with E-state index in [2.05, 4.69) is 10.6 Å². The van der Waals surface area contributed by atoms with Gasteiger partial charge in [-0.2, -0.15) is 0 Å². The largest absolute Gasteiger partial charge is 0.503 e. The van der Waals surface area contributed by atoms with Crippen molar-refractivity contribution in [3.63, 3.8) is 0 Å². The lowest BCUT2D eigenvalue weighted by atomic mass is 9.97. The predicted molar refractivity (Wildman–Crippen MR) is 144 cm³/mol. The number of unbranched alkanes of at least 4 members (excludes halogenated alkanes) is 1. The van der Waals surface area contributed by atoms with Crippen LogP contribution in [0.5, 0.6) is 11.5 Å². The molecule has 0 saturated carbocycles. The highest BCUT2D eigenvalue weighted by atomic mass is 35.5. The van der Waals surface area contributed by atoms with Crippen LogP contribution in [0, 0.1) is 0 Å². The molecule has 4 N–H and O–H groups in total. The van der Waals surface area contributed by atoms with Gasteiger partial charge in [0.15, 0.2) is 17.3 Å². The smallest absolute Gasteiger partial charge is 0.326 e. The minimum absolute atomic E-state index is 0.0404. The van der Waals surface area contributed by atoms with Gasteiger partial charge in [-0.25, -0.2) is 4.79 Å². The topological polar surface area (TPSA) is 154 Å². The molecule has 0 spiro atoms. The molecule has 2 heterocycles. The Balaban J connectivity index is 1.56. The highest BCUT2D eigenvalue weighted by molar-refractivity contribution is 6.42. The van der Waals surface area contributed by atoms with E-state index in [-0.39, 0.29) is 31.9 Å². The second-order valence-electron chi connectivity index (χ2n) is 9.26. The number of aliphatic hydroxyl groups is 1. The molecule has 11 nitrogen and oxygen atoms in total. The van der Waals surface area contributed by atoms with Crippen molar-refractivity contribution < 1.29 is 38.9 Å². The number of aliphatic carboxylic acids is 1. The maximum absolute atomic E-state index is 13.4. The maximum Gasteiger partial charge on any atom is 0.326 e. The van der Waals surface area contributed by atoms with Gasteiger partial charge in [0.2, 0.25) is 12.7 Å². The summed E-state index contributed by atoms with van der Waals surface area (Å²) in [6, 6.07) is 7.88. The van der Waals surface area contributed by atoms with E-state index in [9.17, 15) is 29.4 Å². The quantitative estimate of drug-likeness (QED) is 0.289. The SMILES string of the molecule is CC(=O)N[C@H](CCCCN1C(=O)C(O)=C(C(=O)NCc2ccc(Cl)c(Cl)c2)C1c1cccc2c1OCO2)C(=O)O.